The van der Waals surface area contributed by atoms with Crippen molar-refractivity contribution in [2.75, 3.05) is 5.75 Å². The second-order valence-corrected chi connectivity index (χ2v) is 6.81. The summed E-state index contributed by atoms with van der Waals surface area (Å²) >= 11 is 4.08. The molecule has 0 atom stereocenters. The predicted octanol–water partition coefficient (Wildman–Crippen LogP) is 7.68. The van der Waals surface area contributed by atoms with Crippen LogP contribution in [-0.2, 0) is 0 Å². The van der Waals surface area contributed by atoms with E-state index in [2.05, 4.69) is 12.6 Å². The molecule has 0 aliphatic heterocycles. The van der Waals surface area contributed by atoms with Gasteiger partial charge in [-0.3, -0.25) is 0 Å². The van der Waals surface area contributed by atoms with E-state index in [4.69, 9.17) is 0 Å². The molecule has 0 aliphatic rings. The average Bonchev–Trinajstić information content (AvgIpc) is 2.51. The fraction of sp³-hybridized carbons (Fsp3) is 1.00. The van der Waals surface area contributed by atoms with Crippen LogP contribution in [0.4, 0.5) is 39.5 Å². The molecule has 0 saturated carbocycles. The molecular formula is C16H25F9S. The highest BCUT2D eigenvalue weighted by Gasteiger charge is 2.81. The molecule has 0 bridgehead atoms. The number of rotatable bonds is 14. The maximum Gasteiger partial charge on any atom is 0.460 e. The maximum atomic E-state index is 13.3. The third-order valence-corrected chi connectivity index (χ3v) is 4.42. The van der Waals surface area contributed by atoms with E-state index in [0.717, 1.165) is 44.3 Å². The molecule has 0 fully saturated rings. The van der Waals surface area contributed by atoms with Crippen LogP contribution >= 0.6 is 12.6 Å². The topological polar surface area (TPSA) is 0 Å². The Morgan fingerprint density at radius 3 is 1.15 bits per heavy atom. The molecule has 0 heterocycles. The smallest absolute Gasteiger partial charge is 0.200 e. The SMILES string of the molecule is FC(F)(F)C(F)(F)C(F)(F)C(F)(F)CCCCCCCCCCCCS. The van der Waals surface area contributed by atoms with Crippen molar-refractivity contribution >= 4 is 12.6 Å². The van der Waals surface area contributed by atoms with E-state index in [1.807, 2.05) is 0 Å². The van der Waals surface area contributed by atoms with Gasteiger partial charge < -0.3 is 0 Å². The van der Waals surface area contributed by atoms with E-state index >= 15 is 0 Å². The Hall–Kier alpha value is -0.280. The number of hydrogen-bond donors (Lipinski definition) is 1. The second kappa shape index (κ2) is 10.9. The van der Waals surface area contributed by atoms with Gasteiger partial charge in [-0.05, 0) is 18.6 Å². The van der Waals surface area contributed by atoms with Crippen LogP contribution < -0.4 is 0 Å². The number of unbranched alkanes of at least 4 members (excludes halogenated alkanes) is 9. The van der Waals surface area contributed by atoms with Crippen molar-refractivity contribution in [2.24, 2.45) is 0 Å². The molecule has 26 heavy (non-hydrogen) atoms. The van der Waals surface area contributed by atoms with Crippen molar-refractivity contribution in [3.63, 3.8) is 0 Å². The quantitative estimate of drug-likeness (QED) is 0.166. The lowest BCUT2D eigenvalue weighted by Crippen LogP contribution is -2.60. The molecule has 0 nitrogen and oxygen atoms in total. The fourth-order valence-corrected chi connectivity index (χ4v) is 2.66. The molecule has 0 N–H and O–H groups in total. The summed E-state index contributed by atoms with van der Waals surface area (Å²) in [5, 5.41) is 0. The second-order valence-electron chi connectivity index (χ2n) is 6.36. The highest BCUT2D eigenvalue weighted by atomic mass is 32.1. The van der Waals surface area contributed by atoms with Crippen LogP contribution in [0.3, 0.4) is 0 Å². The summed E-state index contributed by atoms with van der Waals surface area (Å²) in [6.07, 6.45) is -1.84. The Labute approximate surface area is 153 Å². The summed E-state index contributed by atoms with van der Waals surface area (Å²) in [6, 6.07) is 0. The summed E-state index contributed by atoms with van der Waals surface area (Å²) in [5.41, 5.74) is 0. The fourth-order valence-electron chi connectivity index (χ4n) is 2.44. The van der Waals surface area contributed by atoms with Crippen molar-refractivity contribution in [3.05, 3.63) is 0 Å². The monoisotopic (exact) mass is 420 g/mol. The first-order valence-corrected chi connectivity index (χ1v) is 9.25. The van der Waals surface area contributed by atoms with Gasteiger partial charge in [-0.15, -0.1) is 0 Å². The molecule has 0 aromatic rings. The van der Waals surface area contributed by atoms with Gasteiger partial charge in [0.2, 0.25) is 0 Å². The molecule has 158 valence electrons. The van der Waals surface area contributed by atoms with E-state index in [0.29, 0.717) is 12.8 Å². The predicted molar refractivity (Wildman–Crippen MR) is 85.5 cm³/mol. The van der Waals surface area contributed by atoms with E-state index in [1.165, 1.54) is 0 Å². The van der Waals surface area contributed by atoms with E-state index < -0.39 is 36.8 Å². The summed E-state index contributed by atoms with van der Waals surface area (Å²) in [5.74, 6) is -17.9. The van der Waals surface area contributed by atoms with Crippen molar-refractivity contribution in [2.45, 2.75) is 94.6 Å². The first-order chi connectivity index (χ1) is 11.8. The van der Waals surface area contributed by atoms with Crippen LogP contribution in [0.1, 0.15) is 70.6 Å². The molecule has 0 spiro atoms. The van der Waals surface area contributed by atoms with Gasteiger partial charge in [0.25, 0.3) is 0 Å². The first-order valence-electron chi connectivity index (χ1n) is 8.62. The van der Waals surface area contributed by atoms with Crippen LogP contribution in [0.5, 0.6) is 0 Å². The van der Waals surface area contributed by atoms with Gasteiger partial charge in [0.05, 0.1) is 0 Å². The van der Waals surface area contributed by atoms with Crippen molar-refractivity contribution in [1.29, 1.82) is 0 Å². The normalized spacial score (nSPS) is 14.1. The van der Waals surface area contributed by atoms with Crippen molar-refractivity contribution < 1.29 is 39.5 Å². The lowest BCUT2D eigenvalue weighted by atomic mass is 9.97. The highest BCUT2D eigenvalue weighted by molar-refractivity contribution is 7.80. The maximum absolute atomic E-state index is 13.3. The average molecular weight is 420 g/mol. The minimum absolute atomic E-state index is 0.0723. The third kappa shape index (κ3) is 7.38. The molecule has 0 rings (SSSR count). The first kappa shape index (κ1) is 25.7. The van der Waals surface area contributed by atoms with Gasteiger partial charge in [-0.2, -0.15) is 52.1 Å². The van der Waals surface area contributed by atoms with Gasteiger partial charge in [-0.1, -0.05) is 51.4 Å². The molecule has 0 aliphatic carbocycles. The lowest BCUT2D eigenvalue weighted by Gasteiger charge is -2.33. The third-order valence-electron chi connectivity index (χ3n) is 4.11. The molecule has 0 saturated heterocycles. The van der Waals surface area contributed by atoms with Crippen LogP contribution in [0, 0.1) is 0 Å². The zero-order valence-electron chi connectivity index (χ0n) is 14.3. The van der Waals surface area contributed by atoms with Gasteiger partial charge in [0.15, 0.2) is 0 Å². The largest absolute Gasteiger partial charge is 0.460 e. The minimum Gasteiger partial charge on any atom is -0.200 e. The van der Waals surface area contributed by atoms with Gasteiger partial charge in [-0.25, -0.2) is 0 Å². The molecule has 0 aromatic carbocycles. The highest BCUT2D eigenvalue weighted by Crippen LogP contribution is 2.54. The number of alkyl halides is 9. The van der Waals surface area contributed by atoms with E-state index in [1.54, 1.807) is 0 Å². The molecular weight excluding hydrogens is 395 g/mol. The Bertz CT molecular complexity index is 380. The summed E-state index contributed by atoms with van der Waals surface area (Å²) in [6.45, 7) is 0. The van der Waals surface area contributed by atoms with Crippen LogP contribution in [0.2, 0.25) is 0 Å². The Morgan fingerprint density at radius 2 is 0.808 bits per heavy atom. The van der Waals surface area contributed by atoms with Crippen molar-refractivity contribution in [1.82, 2.24) is 0 Å². The summed E-state index contributed by atoms with van der Waals surface area (Å²) in [7, 11) is 0. The molecule has 0 unspecified atom stereocenters. The number of thiol groups is 1. The van der Waals surface area contributed by atoms with E-state index in [-0.39, 0.29) is 6.42 Å². The van der Waals surface area contributed by atoms with Gasteiger partial charge >= 0.3 is 23.9 Å². The molecule has 10 heteroatoms. The van der Waals surface area contributed by atoms with Crippen LogP contribution in [0.25, 0.3) is 0 Å². The van der Waals surface area contributed by atoms with E-state index in [9.17, 15) is 39.5 Å². The van der Waals surface area contributed by atoms with Gasteiger partial charge in [0.1, 0.15) is 0 Å². The van der Waals surface area contributed by atoms with Crippen LogP contribution in [-0.4, -0.2) is 29.7 Å². The van der Waals surface area contributed by atoms with Crippen molar-refractivity contribution in [3.8, 4) is 0 Å². The number of hydrogen-bond acceptors (Lipinski definition) is 1. The summed E-state index contributed by atoms with van der Waals surface area (Å²) in [4.78, 5) is 0. The molecule has 0 aromatic heterocycles. The minimum atomic E-state index is -6.78. The Kier molecular flexibility index (Phi) is 10.8. The lowest BCUT2D eigenvalue weighted by molar-refractivity contribution is -0.396. The zero-order chi connectivity index (χ0) is 20.5. The Balaban J connectivity index is 4.11. The summed E-state index contributed by atoms with van der Waals surface area (Å²) < 4.78 is 114. The zero-order valence-corrected chi connectivity index (χ0v) is 15.2. The molecule has 0 radical (unpaired) electrons. The van der Waals surface area contributed by atoms with Gasteiger partial charge in [0, 0.05) is 6.42 Å². The number of halogens is 9. The molecule has 0 amide bonds. The van der Waals surface area contributed by atoms with Crippen LogP contribution in [0.15, 0.2) is 0 Å². The Morgan fingerprint density at radius 1 is 0.462 bits per heavy atom. The standard InChI is InChI=1S/C16H25F9S/c17-13(18,14(19,20)15(21,22)16(23,24)25)11-9-7-5-3-1-2-4-6-8-10-12-26/h26H,1-12H2.